The number of anilines is 1. The Morgan fingerprint density at radius 3 is 2.53 bits per heavy atom. The van der Waals surface area contributed by atoms with Crippen molar-refractivity contribution in [1.29, 1.82) is 0 Å². The highest BCUT2D eigenvalue weighted by atomic mass is 19.4. The van der Waals surface area contributed by atoms with Crippen LogP contribution in [-0.4, -0.2) is 11.3 Å². The second-order valence-corrected chi connectivity index (χ2v) is 2.89. The zero-order valence-corrected chi connectivity index (χ0v) is 7.93. The van der Waals surface area contributed by atoms with E-state index in [0.29, 0.717) is 11.1 Å². The highest BCUT2D eigenvalue weighted by molar-refractivity contribution is 5.57. The lowest BCUT2D eigenvalue weighted by Gasteiger charge is -2.13. The fourth-order valence-electron chi connectivity index (χ4n) is 1.11. The van der Waals surface area contributed by atoms with Crippen LogP contribution in [0.25, 0.3) is 0 Å². The van der Waals surface area contributed by atoms with Gasteiger partial charge >= 0.3 is 6.36 Å². The van der Waals surface area contributed by atoms with Gasteiger partial charge in [0.2, 0.25) is 5.88 Å². The Bertz CT molecular complexity index is 365. The number of ether oxygens (including phenoxy) is 1. The second-order valence-electron chi connectivity index (χ2n) is 2.89. The second kappa shape index (κ2) is 3.93. The van der Waals surface area contributed by atoms with Gasteiger partial charge in [0.15, 0.2) is 0 Å². The first-order chi connectivity index (χ1) is 6.85. The molecule has 1 rings (SSSR count). The van der Waals surface area contributed by atoms with Crippen LogP contribution in [0.2, 0.25) is 0 Å². The van der Waals surface area contributed by atoms with Crippen LogP contribution in [0.3, 0.4) is 0 Å². The van der Waals surface area contributed by atoms with E-state index in [4.69, 9.17) is 11.5 Å². The lowest BCUT2D eigenvalue weighted by molar-refractivity contribution is -0.275. The predicted molar refractivity (Wildman–Crippen MR) is 48.0 cm³/mol. The third kappa shape index (κ3) is 2.72. The van der Waals surface area contributed by atoms with Gasteiger partial charge in [0, 0.05) is 12.7 Å². The van der Waals surface area contributed by atoms with Crippen LogP contribution in [0, 0.1) is 6.92 Å². The molecule has 1 heterocycles. The number of hydrogen-bond acceptors (Lipinski definition) is 4. The lowest BCUT2D eigenvalue weighted by atomic mass is 10.1. The highest BCUT2D eigenvalue weighted by Gasteiger charge is 2.33. The Morgan fingerprint density at radius 1 is 1.47 bits per heavy atom. The van der Waals surface area contributed by atoms with Gasteiger partial charge in [-0.25, -0.2) is 4.98 Å². The molecule has 7 heteroatoms. The number of pyridine rings is 1. The molecular weight excluding hydrogens is 211 g/mol. The van der Waals surface area contributed by atoms with Gasteiger partial charge in [-0.15, -0.1) is 13.2 Å². The third-order valence-electron chi connectivity index (χ3n) is 1.82. The molecule has 0 spiro atoms. The molecule has 1 aromatic rings. The van der Waals surface area contributed by atoms with E-state index in [0.717, 1.165) is 0 Å². The quantitative estimate of drug-likeness (QED) is 0.790. The van der Waals surface area contributed by atoms with Crippen LogP contribution in [0.15, 0.2) is 6.20 Å². The van der Waals surface area contributed by atoms with Crippen molar-refractivity contribution in [2.75, 3.05) is 5.73 Å². The summed E-state index contributed by atoms with van der Waals surface area (Å²) in [4.78, 5) is 3.45. The number of rotatable bonds is 2. The van der Waals surface area contributed by atoms with Gasteiger partial charge in [-0.3, -0.25) is 0 Å². The normalized spacial score (nSPS) is 11.5. The summed E-state index contributed by atoms with van der Waals surface area (Å²) in [5.41, 5.74) is 11.6. The molecule has 0 saturated heterocycles. The number of nitrogens with two attached hydrogens (primary N) is 2. The van der Waals surface area contributed by atoms with Crippen LogP contribution in [0.4, 0.5) is 18.9 Å². The van der Waals surface area contributed by atoms with Gasteiger partial charge in [-0.1, -0.05) is 0 Å². The number of aryl methyl sites for hydroxylation is 1. The van der Waals surface area contributed by atoms with Crippen molar-refractivity contribution >= 4 is 5.69 Å². The first-order valence-corrected chi connectivity index (χ1v) is 4.05. The third-order valence-corrected chi connectivity index (χ3v) is 1.82. The average molecular weight is 221 g/mol. The summed E-state index contributed by atoms with van der Waals surface area (Å²) in [6.45, 7) is 1.69. The first-order valence-electron chi connectivity index (χ1n) is 4.05. The topological polar surface area (TPSA) is 74.2 Å². The first kappa shape index (κ1) is 11.6. The molecule has 15 heavy (non-hydrogen) atoms. The maximum absolute atomic E-state index is 11.9. The fraction of sp³-hybridized carbons (Fsp3) is 0.375. The van der Waals surface area contributed by atoms with E-state index in [2.05, 4.69) is 9.72 Å². The molecule has 4 nitrogen and oxygen atoms in total. The summed E-state index contributed by atoms with van der Waals surface area (Å²) in [6, 6.07) is 0. The Morgan fingerprint density at radius 2 is 2.07 bits per heavy atom. The standard InChI is InChI=1S/C8H10F3N3O/c1-4-3-14-7(15-8(9,10)11)6(13)5(4)2-12/h3H,2,12-13H2,1H3. The Hall–Kier alpha value is -1.50. The van der Waals surface area contributed by atoms with E-state index < -0.39 is 12.2 Å². The number of nitrogens with zero attached hydrogens (tertiary/aromatic N) is 1. The van der Waals surface area contributed by atoms with Crippen molar-refractivity contribution in [2.45, 2.75) is 19.8 Å². The summed E-state index contributed by atoms with van der Waals surface area (Å²) < 4.78 is 39.4. The van der Waals surface area contributed by atoms with E-state index in [1.807, 2.05) is 0 Å². The van der Waals surface area contributed by atoms with E-state index in [9.17, 15) is 13.2 Å². The molecule has 0 aromatic carbocycles. The van der Waals surface area contributed by atoms with Gasteiger partial charge in [-0.2, -0.15) is 0 Å². The van der Waals surface area contributed by atoms with Crippen LogP contribution in [-0.2, 0) is 6.54 Å². The smallest absolute Gasteiger partial charge is 0.394 e. The molecule has 0 amide bonds. The maximum Gasteiger partial charge on any atom is 0.574 e. The molecule has 0 bridgehead atoms. The number of alkyl halides is 3. The van der Waals surface area contributed by atoms with E-state index in [1.165, 1.54) is 6.20 Å². The molecule has 0 aliphatic rings. The number of aromatic nitrogens is 1. The van der Waals surface area contributed by atoms with Crippen LogP contribution in [0.5, 0.6) is 5.88 Å². The van der Waals surface area contributed by atoms with Gasteiger partial charge < -0.3 is 16.2 Å². The summed E-state index contributed by atoms with van der Waals surface area (Å²) in [5.74, 6) is -0.659. The molecule has 0 fully saturated rings. The van der Waals surface area contributed by atoms with E-state index in [-0.39, 0.29) is 12.2 Å². The van der Waals surface area contributed by atoms with E-state index >= 15 is 0 Å². The van der Waals surface area contributed by atoms with Crippen molar-refractivity contribution in [3.8, 4) is 5.88 Å². The summed E-state index contributed by atoms with van der Waals surface area (Å²) >= 11 is 0. The van der Waals surface area contributed by atoms with Gasteiger partial charge in [0.1, 0.15) is 0 Å². The van der Waals surface area contributed by atoms with E-state index in [1.54, 1.807) is 6.92 Å². The minimum atomic E-state index is -4.80. The minimum Gasteiger partial charge on any atom is -0.394 e. The average Bonchev–Trinajstić information content (AvgIpc) is 2.09. The summed E-state index contributed by atoms with van der Waals surface area (Å²) in [5, 5.41) is 0. The molecule has 0 saturated carbocycles. The monoisotopic (exact) mass is 221 g/mol. The molecule has 0 aliphatic carbocycles. The molecule has 1 aromatic heterocycles. The highest BCUT2D eigenvalue weighted by Crippen LogP contribution is 2.29. The molecule has 0 aliphatic heterocycles. The SMILES string of the molecule is Cc1cnc(OC(F)(F)F)c(N)c1CN. The summed E-state index contributed by atoms with van der Waals surface area (Å²) in [7, 11) is 0. The maximum atomic E-state index is 11.9. The van der Waals surface area contributed by atoms with Gasteiger partial charge in [0.05, 0.1) is 5.69 Å². The molecule has 0 atom stereocenters. The molecule has 0 unspecified atom stereocenters. The van der Waals surface area contributed by atoms with Crippen molar-refractivity contribution in [3.05, 3.63) is 17.3 Å². The van der Waals surface area contributed by atoms with Crippen molar-refractivity contribution in [1.82, 2.24) is 4.98 Å². The number of nitrogen functional groups attached to an aromatic ring is 1. The number of hydrogen-bond donors (Lipinski definition) is 2. The molecular formula is C8H10F3N3O. The Balaban J connectivity index is 3.11. The van der Waals surface area contributed by atoms with Crippen molar-refractivity contribution in [2.24, 2.45) is 5.73 Å². The largest absolute Gasteiger partial charge is 0.574 e. The summed E-state index contributed by atoms with van der Waals surface area (Å²) in [6.07, 6.45) is -3.57. The van der Waals surface area contributed by atoms with Crippen LogP contribution < -0.4 is 16.2 Å². The fourth-order valence-corrected chi connectivity index (χ4v) is 1.11. The van der Waals surface area contributed by atoms with Crippen LogP contribution >= 0.6 is 0 Å². The van der Waals surface area contributed by atoms with Crippen molar-refractivity contribution in [3.63, 3.8) is 0 Å². The van der Waals surface area contributed by atoms with Crippen molar-refractivity contribution < 1.29 is 17.9 Å². The number of halogens is 3. The predicted octanol–water partition coefficient (Wildman–Crippen LogP) is 1.33. The lowest BCUT2D eigenvalue weighted by Crippen LogP contribution is -2.20. The van der Waals surface area contributed by atoms with Crippen LogP contribution in [0.1, 0.15) is 11.1 Å². The Kier molecular flexibility index (Phi) is 3.04. The van der Waals surface area contributed by atoms with Gasteiger partial charge in [-0.05, 0) is 18.1 Å². The van der Waals surface area contributed by atoms with Gasteiger partial charge in [0.25, 0.3) is 0 Å². The Labute approximate surface area is 84.0 Å². The molecule has 4 N–H and O–H groups in total. The zero-order chi connectivity index (χ0) is 11.6. The zero-order valence-electron chi connectivity index (χ0n) is 7.93. The minimum absolute atomic E-state index is 0.0361. The molecule has 0 radical (unpaired) electrons. The molecule has 84 valence electrons.